The molecule has 16 aromatic carbocycles. The highest BCUT2D eigenvalue weighted by molar-refractivity contribution is 8.00. The Hall–Kier alpha value is -13.6. The van der Waals surface area contributed by atoms with Crippen molar-refractivity contribution in [3.05, 3.63) is 429 Å². The first kappa shape index (κ1) is 65.7. The van der Waals surface area contributed by atoms with E-state index in [0.29, 0.717) is 5.69 Å². The minimum absolute atomic E-state index is 0.0335. The summed E-state index contributed by atoms with van der Waals surface area (Å²) in [5.41, 5.74) is 31.6. The third-order valence-electron chi connectivity index (χ3n) is 22.8. The molecule has 5 nitrogen and oxygen atoms in total. The molecule has 1 unspecified atom stereocenters. The van der Waals surface area contributed by atoms with E-state index in [-0.39, 0.29) is 25.2 Å². The second-order valence-electron chi connectivity index (χ2n) is 29.0. The van der Waals surface area contributed by atoms with Gasteiger partial charge in [-0.05, 0) is 159 Å². The number of hydrogen-bond donors (Lipinski definition) is 0. The van der Waals surface area contributed by atoms with Crippen LogP contribution in [0.4, 0.5) is 84.0 Å². The first-order chi connectivity index (χ1) is 55.1. The molecule has 0 saturated heterocycles. The topological polar surface area (TPSA) is 16.2 Å². The molecule has 1 atom stereocenters. The Morgan fingerprint density at radius 2 is 0.757 bits per heavy atom. The van der Waals surface area contributed by atoms with Crippen molar-refractivity contribution >= 4 is 143 Å². The summed E-state index contributed by atoms with van der Waals surface area (Å²) in [6, 6.07) is 143. The molecular formula is C102H70B2FN5S. The molecule has 16 aromatic rings. The molecule has 0 radical (unpaired) electrons. The highest BCUT2D eigenvalue weighted by atomic mass is 32.2. The van der Waals surface area contributed by atoms with E-state index in [1.807, 2.05) is 23.9 Å². The lowest BCUT2D eigenvalue weighted by Gasteiger charge is -2.47. The van der Waals surface area contributed by atoms with E-state index in [4.69, 9.17) is 0 Å². The van der Waals surface area contributed by atoms with Crippen molar-refractivity contribution in [1.82, 2.24) is 0 Å². The fraction of sp³-hybridized carbons (Fsp3) is 0.0196. The van der Waals surface area contributed by atoms with Gasteiger partial charge in [0.1, 0.15) is 5.82 Å². The Balaban J connectivity index is 0.883. The highest BCUT2D eigenvalue weighted by Gasteiger charge is 2.49. The van der Waals surface area contributed by atoms with Gasteiger partial charge in [-0.25, -0.2) is 4.39 Å². The number of rotatable bonds is 14. The van der Waals surface area contributed by atoms with Gasteiger partial charge in [-0.15, -0.1) is 0 Å². The van der Waals surface area contributed by atoms with Gasteiger partial charge in [0, 0.05) is 106 Å². The molecule has 0 N–H and O–H groups in total. The van der Waals surface area contributed by atoms with E-state index >= 15 is 4.39 Å². The zero-order valence-electron chi connectivity index (χ0n) is 60.6. The monoisotopic (exact) mass is 1440 g/mol. The van der Waals surface area contributed by atoms with Crippen molar-refractivity contribution in [2.75, 3.05) is 24.5 Å². The largest absolute Gasteiger partial charge is 0.314 e. The van der Waals surface area contributed by atoms with Crippen molar-refractivity contribution in [2.24, 2.45) is 0 Å². The molecule has 5 aliphatic rings. The molecule has 9 heteroatoms. The molecule has 522 valence electrons. The quantitative estimate of drug-likeness (QED) is 0.100. The number of allylic oxidation sites excluding steroid dienone is 4. The van der Waals surface area contributed by atoms with Crippen LogP contribution in [-0.2, 0) is 0 Å². The molecule has 21 rings (SSSR count). The first-order valence-electron chi connectivity index (χ1n) is 38.3. The summed E-state index contributed by atoms with van der Waals surface area (Å²) in [7, 11) is 0. The summed E-state index contributed by atoms with van der Waals surface area (Å²) < 4.78 is 18.9. The van der Waals surface area contributed by atoms with Gasteiger partial charge in [-0.2, -0.15) is 0 Å². The van der Waals surface area contributed by atoms with E-state index < -0.39 is 0 Å². The van der Waals surface area contributed by atoms with E-state index in [1.165, 1.54) is 33.2 Å². The fourth-order valence-electron chi connectivity index (χ4n) is 18.2. The number of nitrogens with zero attached hydrogens (tertiary/aromatic N) is 5. The van der Waals surface area contributed by atoms with E-state index in [0.717, 1.165) is 145 Å². The molecular weight excluding hydrogens is 1370 g/mol. The SMILES string of the molecule is Fc1cccc(-c2ccccc2)c1N1c2cc3c(cc2B2c4ccccc4N(c4ccccc4)c4cc(N(c5ccccc5)c5ccccc5)cc1c42)B1c2ccccc2N(C2=C(c4ccccc4)C=CCC2c2ccccc2)c2cc(N(c4ccccc4)c4c(-c5ccccc5)cccc4-c4ccccc4)cc(c21)S3. The number of para-hydroxylation sites is 8. The minimum atomic E-state index is -0.326. The molecule has 1 aliphatic carbocycles. The summed E-state index contributed by atoms with van der Waals surface area (Å²) in [6.07, 6.45) is 5.57. The number of fused-ring (bicyclic) bond motifs is 8. The Morgan fingerprint density at radius 1 is 0.315 bits per heavy atom. The zero-order chi connectivity index (χ0) is 73.5. The van der Waals surface area contributed by atoms with Gasteiger partial charge in [-0.1, -0.05) is 327 Å². The molecule has 4 heterocycles. The Morgan fingerprint density at radius 3 is 1.33 bits per heavy atom. The van der Waals surface area contributed by atoms with Crippen LogP contribution in [0.2, 0.25) is 0 Å². The number of hydrogen-bond acceptors (Lipinski definition) is 6. The highest BCUT2D eigenvalue weighted by Crippen LogP contribution is 2.56. The summed E-state index contributed by atoms with van der Waals surface area (Å²) in [5, 5.41) is 0. The second-order valence-corrected chi connectivity index (χ2v) is 30.1. The maximum Gasteiger partial charge on any atom is 0.252 e. The lowest BCUT2D eigenvalue weighted by molar-refractivity contribution is 0.629. The average molecular weight is 1440 g/mol. The van der Waals surface area contributed by atoms with Crippen molar-refractivity contribution in [3.8, 4) is 33.4 Å². The number of benzene rings is 16. The summed E-state index contributed by atoms with van der Waals surface area (Å²) in [6.45, 7) is -0.596. The van der Waals surface area contributed by atoms with Crippen LogP contribution >= 0.6 is 11.8 Å². The lowest BCUT2D eigenvalue weighted by atomic mass is 9.31. The van der Waals surface area contributed by atoms with Gasteiger partial charge in [0.25, 0.3) is 6.71 Å². The van der Waals surface area contributed by atoms with Crippen LogP contribution in [-0.4, -0.2) is 13.4 Å². The van der Waals surface area contributed by atoms with Crippen molar-refractivity contribution < 1.29 is 4.39 Å². The smallest absolute Gasteiger partial charge is 0.252 e. The maximum absolute atomic E-state index is 18.9. The van der Waals surface area contributed by atoms with E-state index in [2.05, 4.69) is 413 Å². The standard InChI is InChI=1S/C102H70B2FN5S/c105-89-60-34-57-84(73-43-18-5-19-44-73)102(89)110-92-68-96-88(67-87(92)103-85-58-28-30-61-90(85)108(77-51-26-9-27-52-77)93-63-78(64-94(110)98(93)103)106(74-45-20-6-21-46-74)75-47-22-7-23-48-75)104-86-59-29-31-62-91(86)109(101-82(71-39-14-3-15-40-71)55-33-56-83(101)72-41-16-4-17-42-72)95-65-79(66-97(111-96)99(95)104)107(76-49-24-8-25-50-76)100-80(69-35-10-1-11-36-69)53-32-54-81(100)70-37-12-2-13-38-70/h1-55,57-68,83H,56H2. The molecule has 0 aromatic heterocycles. The molecule has 0 spiro atoms. The van der Waals surface area contributed by atoms with Crippen molar-refractivity contribution in [1.29, 1.82) is 0 Å². The van der Waals surface area contributed by atoms with Crippen LogP contribution < -0.4 is 57.3 Å². The third kappa shape index (κ3) is 11.1. The molecule has 0 bridgehead atoms. The molecule has 0 amide bonds. The lowest BCUT2D eigenvalue weighted by Crippen LogP contribution is -2.64. The minimum Gasteiger partial charge on any atom is -0.314 e. The van der Waals surface area contributed by atoms with Crippen molar-refractivity contribution in [2.45, 2.75) is 22.1 Å². The molecule has 0 saturated carbocycles. The Labute approximate surface area is 652 Å². The van der Waals surface area contributed by atoms with E-state index in [9.17, 15) is 0 Å². The van der Waals surface area contributed by atoms with Crippen LogP contribution in [0.3, 0.4) is 0 Å². The van der Waals surface area contributed by atoms with Crippen LogP contribution in [0.1, 0.15) is 23.5 Å². The zero-order valence-corrected chi connectivity index (χ0v) is 61.5. The first-order valence-corrected chi connectivity index (χ1v) is 39.1. The van der Waals surface area contributed by atoms with Gasteiger partial charge in [0.2, 0.25) is 6.71 Å². The van der Waals surface area contributed by atoms with Crippen LogP contribution in [0.25, 0.3) is 39.0 Å². The van der Waals surface area contributed by atoms with Gasteiger partial charge in [0.15, 0.2) is 0 Å². The predicted octanol–water partition coefficient (Wildman–Crippen LogP) is 23.4. The van der Waals surface area contributed by atoms with Crippen molar-refractivity contribution in [3.63, 3.8) is 0 Å². The summed E-state index contributed by atoms with van der Waals surface area (Å²) in [4.78, 5) is 14.6. The molecule has 111 heavy (non-hydrogen) atoms. The average Bonchev–Trinajstić information content (AvgIpc) is 0.683. The van der Waals surface area contributed by atoms with Gasteiger partial charge >= 0.3 is 0 Å². The summed E-state index contributed by atoms with van der Waals surface area (Å²) >= 11 is 1.84. The molecule has 4 aliphatic heterocycles. The number of anilines is 14. The summed E-state index contributed by atoms with van der Waals surface area (Å²) in [5.74, 6) is -0.360. The van der Waals surface area contributed by atoms with Crippen LogP contribution in [0, 0.1) is 5.82 Å². The normalized spacial score (nSPS) is 14.0. The van der Waals surface area contributed by atoms with Gasteiger partial charge in [0.05, 0.1) is 17.1 Å². The molecule has 0 fully saturated rings. The predicted molar refractivity (Wildman–Crippen MR) is 466 cm³/mol. The van der Waals surface area contributed by atoms with Gasteiger partial charge in [-0.3, -0.25) is 0 Å². The van der Waals surface area contributed by atoms with E-state index in [1.54, 1.807) is 6.07 Å². The second kappa shape index (κ2) is 27.6. The van der Waals surface area contributed by atoms with Crippen LogP contribution in [0.5, 0.6) is 0 Å². The maximum atomic E-state index is 18.9. The van der Waals surface area contributed by atoms with Crippen LogP contribution in [0.15, 0.2) is 422 Å². The fourth-order valence-corrected chi connectivity index (χ4v) is 19.4. The number of halogens is 1. The third-order valence-corrected chi connectivity index (χ3v) is 24.0. The Bertz CT molecular complexity index is 6220. The van der Waals surface area contributed by atoms with Gasteiger partial charge < -0.3 is 24.5 Å². The Kier molecular flexibility index (Phi) is 16.3.